The second-order valence-corrected chi connectivity index (χ2v) is 4.84. The molecule has 0 bridgehead atoms. The largest absolute Gasteiger partial charge is 0.364 e. The summed E-state index contributed by atoms with van der Waals surface area (Å²) in [6.07, 6.45) is 0.679. The summed E-state index contributed by atoms with van der Waals surface area (Å²) in [6.45, 7) is 0.777. The van der Waals surface area contributed by atoms with Crippen molar-refractivity contribution in [3.8, 4) is 29.0 Å². The molecule has 0 saturated carbocycles. The van der Waals surface area contributed by atoms with E-state index in [9.17, 15) is 4.79 Å². The van der Waals surface area contributed by atoms with Crippen LogP contribution in [0.5, 0.6) is 0 Å². The SMILES string of the molecule is CNCCC#Cc1cc(-c2cccc(C#N)c2)cc(C(N)=O)n1. The number of amides is 1. The molecule has 0 aliphatic heterocycles. The Balaban J connectivity index is 2.45. The van der Waals surface area contributed by atoms with Gasteiger partial charge in [0.05, 0.1) is 11.6 Å². The summed E-state index contributed by atoms with van der Waals surface area (Å²) in [5, 5.41) is 12.0. The van der Waals surface area contributed by atoms with Gasteiger partial charge in [0, 0.05) is 13.0 Å². The van der Waals surface area contributed by atoms with Crippen LogP contribution >= 0.6 is 0 Å². The maximum atomic E-state index is 11.5. The number of nitrogens with one attached hydrogen (secondary N) is 1. The molecule has 1 aromatic carbocycles. The molecule has 0 spiro atoms. The number of carbonyl (C=O) groups excluding carboxylic acids is 1. The van der Waals surface area contributed by atoms with E-state index in [1.165, 1.54) is 0 Å². The highest BCUT2D eigenvalue weighted by molar-refractivity contribution is 5.92. The Bertz CT molecular complexity index is 825. The molecule has 1 heterocycles. The van der Waals surface area contributed by atoms with E-state index < -0.39 is 5.91 Å². The van der Waals surface area contributed by atoms with Crippen LogP contribution in [0.4, 0.5) is 0 Å². The number of primary amides is 1. The number of rotatable bonds is 4. The van der Waals surface area contributed by atoms with Crippen molar-refractivity contribution >= 4 is 5.91 Å². The van der Waals surface area contributed by atoms with Crippen LogP contribution < -0.4 is 11.1 Å². The highest BCUT2D eigenvalue weighted by Gasteiger charge is 2.08. The summed E-state index contributed by atoms with van der Waals surface area (Å²) in [5.41, 5.74) is 8.10. The normalized spacial score (nSPS) is 9.57. The van der Waals surface area contributed by atoms with Gasteiger partial charge in [-0.05, 0) is 48.4 Å². The van der Waals surface area contributed by atoms with Crippen LogP contribution in [0.1, 0.15) is 28.2 Å². The van der Waals surface area contributed by atoms with Crippen molar-refractivity contribution in [1.82, 2.24) is 10.3 Å². The molecule has 0 aliphatic rings. The van der Waals surface area contributed by atoms with Gasteiger partial charge in [-0.1, -0.05) is 18.1 Å². The van der Waals surface area contributed by atoms with Crippen LogP contribution in [0.3, 0.4) is 0 Å². The summed E-state index contributed by atoms with van der Waals surface area (Å²) >= 11 is 0. The number of hydrogen-bond donors (Lipinski definition) is 2. The van der Waals surface area contributed by atoms with Crippen LogP contribution in [-0.2, 0) is 0 Å². The molecule has 2 aromatic rings. The fraction of sp³-hybridized carbons (Fsp3) is 0.167. The minimum Gasteiger partial charge on any atom is -0.364 e. The third kappa shape index (κ3) is 4.41. The number of carbonyl (C=O) groups is 1. The molecule has 0 radical (unpaired) electrons. The van der Waals surface area contributed by atoms with Crippen molar-refractivity contribution in [2.45, 2.75) is 6.42 Å². The van der Waals surface area contributed by atoms with Crippen LogP contribution in [0, 0.1) is 23.2 Å². The van der Waals surface area contributed by atoms with E-state index in [1.54, 1.807) is 30.3 Å². The predicted octanol–water partition coefficient (Wildman–Crippen LogP) is 1.68. The van der Waals surface area contributed by atoms with Gasteiger partial charge in [-0.3, -0.25) is 4.79 Å². The molecular formula is C18H16N4O. The predicted molar refractivity (Wildman–Crippen MR) is 88.3 cm³/mol. The average molecular weight is 304 g/mol. The van der Waals surface area contributed by atoms with Gasteiger partial charge in [-0.25, -0.2) is 4.98 Å². The lowest BCUT2D eigenvalue weighted by molar-refractivity contribution is 0.0995. The number of nitrogens with two attached hydrogens (primary N) is 1. The van der Waals surface area contributed by atoms with Gasteiger partial charge in [-0.15, -0.1) is 0 Å². The second kappa shape index (κ2) is 7.74. The van der Waals surface area contributed by atoms with Crippen molar-refractivity contribution in [3.63, 3.8) is 0 Å². The Morgan fingerprint density at radius 3 is 2.83 bits per heavy atom. The van der Waals surface area contributed by atoms with E-state index in [1.807, 2.05) is 13.1 Å². The number of pyridine rings is 1. The third-order valence-electron chi connectivity index (χ3n) is 3.12. The number of hydrogen-bond acceptors (Lipinski definition) is 4. The van der Waals surface area contributed by atoms with Gasteiger partial charge in [0.15, 0.2) is 0 Å². The Kier molecular flexibility index (Phi) is 5.46. The molecule has 2 rings (SSSR count). The van der Waals surface area contributed by atoms with Crippen molar-refractivity contribution in [2.75, 3.05) is 13.6 Å². The van der Waals surface area contributed by atoms with Gasteiger partial charge in [-0.2, -0.15) is 5.26 Å². The first-order chi connectivity index (χ1) is 11.1. The number of nitrogens with zero attached hydrogens (tertiary/aromatic N) is 2. The lowest BCUT2D eigenvalue weighted by Gasteiger charge is -2.05. The highest BCUT2D eigenvalue weighted by atomic mass is 16.1. The first-order valence-electron chi connectivity index (χ1n) is 7.10. The number of aromatic nitrogens is 1. The van der Waals surface area contributed by atoms with Gasteiger partial charge >= 0.3 is 0 Å². The molecule has 1 amide bonds. The van der Waals surface area contributed by atoms with Crippen LogP contribution in [0.2, 0.25) is 0 Å². The quantitative estimate of drug-likeness (QED) is 0.664. The molecule has 1 aromatic heterocycles. The van der Waals surface area contributed by atoms with Gasteiger partial charge in [0.25, 0.3) is 5.91 Å². The summed E-state index contributed by atoms with van der Waals surface area (Å²) in [4.78, 5) is 15.7. The number of nitriles is 1. The Morgan fingerprint density at radius 1 is 1.30 bits per heavy atom. The molecule has 5 nitrogen and oxygen atoms in total. The smallest absolute Gasteiger partial charge is 0.267 e. The lowest BCUT2D eigenvalue weighted by atomic mass is 10.0. The topological polar surface area (TPSA) is 91.8 Å². The van der Waals surface area contributed by atoms with Crippen LogP contribution in [0.25, 0.3) is 11.1 Å². The number of benzene rings is 1. The Hall–Kier alpha value is -3.15. The zero-order valence-electron chi connectivity index (χ0n) is 12.8. The maximum Gasteiger partial charge on any atom is 0.267 e. The standard InChI is InChI=1S/C18H16N4O/c1-21-8-3-2-7-16-10-15(11-17(22-16)18(20)23)14-6-4-5-13(9-14)12-19/h4-6,9-11,21H,3,8H2,1H3,(H2,20,23). The summed E-state index contributed by atoms with van der Waals surface area (Å²) < 4.78 is 0. The van der Waals surface area contributed by atoms with Gasteiger partial charge in [0.2, 0.25) is 0 Å². The summed E-state index contributed by atoms with van der Waals surface area (Å²) in [6, 6.07) is 12.6. The highest BCUT2D eigenvalue weighted by Crippen LogP contribution is 2.22. The van der Waals surface area contributed by atoms with Gasteiger partial charge in [0.1, 0.15) is 11.4 Å². The van der Waals surface area contributed by atoms with Gasteiger partial charge < -0.3 is 11.1 Å². The van der Waals surface area contributed by atoms with Crippen molar-refractivity contribution in [3.05, 3.63) is 53.3 Å². The van der Waals surface area contributed by atoms with E-state index in [-0.39, 0.29) is 5.69 Å². The zero-order chi connectivity index (χ0) is 16.7. The summed E-state index contributed by atoms with van der Waals surface area (Å²) in [5.74, 6) is 5.32. The lowest BCUT2D eigenvalue weighted by Crippen LogP contribution is -2.13. The molecule has 0 atom stereocenters. The maximum absolute atomic E-state index is 11.5. The fourth-order valence-corrected chi connectivity index (χ4v) is 2.00. The molecule has 5 heteroatoms. The molecule has 3 N–H and O–H groups in total. The van der Waals surface area contributed by atoms with E-state index in [2.05, 4.69) is 28.2 Å². The molecule has 0 aliphatic carbocycles. The fourth-order valence-electron chi connectivity index (χ4n) is 2.00. The first-order valence-corrected chi connectivity index (χ1v) is 7.10. The molecular weight excluding hydrogens is 288 g/mol. The van der Waals surface area contributed by atoms with Crippen LogP contribution in [0.15, 0.2) is 36.4 Å². The van der Waals surface area contributed by atoms with E-state index >= 15 is 0 Å². The molecule has 114 valence electrons. The minimum absolute atomic E-state index is 0.155. The van der Waals surface area contributed by atoms with E-state index in [0.717, 1.165) is 17.7 Å². The zero-order valence-corrected chi connectivity index (χ0v) is 12.8. The van der Waals surface area contributed by atoms with E-state index in [0.29, 0.717) is 17.7 Å². The van der Waals surface area contributed by atoms with Crippen LogP contribution in [-0.4, -0.2) is 24.5 Å². The second-order valence-electron chi connectivity index (χ2n) is 4.84. The molecule has 0 saturated heterocycles. The summed E-state index contributed by atoms with van der Waals surface area (Å²) in [7, 11) is 1.86. The van der Waals surface area contributed by atoms with Crippen molar-refractivity contribution in [2.24, 2.45) is 5.73 Å². The first kappa shape index (κ1) is 16.2. The average Bonchev–Trinajstić information content (AvgIpc) is 2.58. The minimum atomic E-state index is -0.610. The monoisotopic (exact) mass is 304 g/mol. The van der Waals surface area contributed by atoms with Crippen molar-refractivity contribution < 1.29 is 4.79 Å². The van der Waals surface area contributed by atoms with Crippen molar-refractivity contribution in [1.29, 1.82) is 5.26 Å². The molecule has 0 fully saturated rings. The third-order valence-corrected chi connectivity index (χ3v) is 3.12. The molecule has 0 unspecified atom stereocenters. The molecule has 23 heavy (non-hydrogen) atoms. The van der Waals surface area contributed by atoms with E-state index in [4.69, 9.17) is 11.0 Å². The Morgan fingerprint density at radius 2 is 2.13 bits per heavy atom. The Labute approximate surface area is 135 Å².